The Morgan fingerprint density at radius 3 is 2.71 bits per heavy atom. The van der Waals surface area contributed by atoms with Crippen LogP contribution in [0.3, 0.4) is 0 Å². The summed E-state index contributed by atoms with van der Waals surface area (Å²) in [7, 11) is 0. The van der Waals surface area contributed by atoms with Gasteiger partial charge in [-0.25, -0.2) is 0 Å². The van der Waals surface area contributed by atoms with Crippen molar-refractivity contribution in [2.75, 3.05) is 0 Å². The molecule has 0 aromatic rings. The molecule has 0 aromatic heterocycles. The highest BCUT2D eigenvalue weighted by Gasteiger charge is 2.59. The fraction of sp³-hybridized carbons (Fsp3) is 0.696. The van der Waals surface area contributed by atoms with Gasteiger partial charge in [0.05, 0.1) is 0 Å². The van der Waals surface area contributed by atoms with Gasteiger partial charge in [-0.15, -0.1) is 0 Å². The molecule has 3 saturated carbocycles. The molecule has 0 spiro atoms. The molecule has 130 valence electrons. The number of rotatable bonds is 2. The van der Waals surface area contributed by atoms with E-state index in [9.17, 15) is 4.79 Å². The van der Waals surface area contributed by atoms with Crippen LogP contribution in [0.25, 0.3) is 0 Å². The zero-order valence-electron chi connectivity index (χ0n) is 15.4. The second kappa shape index (κ2) is 5.44. The molecule has 0 heterocycles. The minimum atomic E-state index is 0.256. The summed E-state index contributed by atoms with van der Waals surface area (Å²) in [5, 5.41) is 0. The molecule has 24 heavy (non-hydrogen) atoms. The molecule has 0 bridgehead atoms. The topological polar surface area (TPSA) is 17.1 Å². The third kappa shape index (κ3) is 2.09. The van der Waals surface area contributed by atoms with Crippen molar-refractivity contribution in [3.05, 3.63) is 37.0 Å². The lowest BCUT2D eigenvalue weighted by molar-refractivity contribution is -0.122. The van der Waals surface area contributed by atoms with E-state index in [1.807, 2.05) is 12.2 Å². The summed E-state index contributed by atoms with van der Waals surface area (Å²) in [5.41, 5.74) is 1.94. The van der Waals surface area contributed by atoms with Crippen molar-refractivity contribution in [1.29, 1.82) is 0 Å². The normalized spacial score (nSPS) is 49.9. The minimum absolute atomic E-state index is 0.256. The van der Waals surface area contributed by atoms with E-state index >= 15 is 0 Å². The van der Waals surface area contributed by atoms with E-state index in [4.69, 9.17) is 0 Å². The van der Waals surface area contributed by atoms with Crippen molar-refractivity contribution >= 4 is 5.78 Å². The maximum absolute atomic E-state index is 11.9. The highest BCUT2D eigenvalue weighted by molar-refractivity contribution is 5.91. The number of carbonyl (C=O) groups excluding carboxylic acids is 1. The Balaban J connectivity index is 1.65. The van der Waals surface area contributed by atoms with Crippen LogP contribution in [0.15, 0.2) is 37.0 Å². The lowest BCUT2D eigenvalue weighted by Gasteiger charge is -2.59. The zero-order valence-corrected chi connectivity index (χ0v) is 15.4. The SMILES string of the molecule is C=CC(=C)[C@H]1CC[C@H]2[C@@H]3CCC4CC(=O)C=C[C@]4(C)[C@H]3CC[C@]12C. The first-order valence-corrected chi connectivity index (χ1v) is 9.93. The Bertz CT molecular complexity index is 614. The third-order valence-corrected chi connectivity index (χ3v) is 8.75. The highest BCUT2D eigenvalue weighted by Crippen LogP contribution is 2.67. The fourth-order valence-corrected chi connectivity index (χ4v) is 7.39. The van der Waals surface area contributed by atoms with Crippen molar-refractivity contribution in [1.82, 2.24) is 0 Å². The van der Waals surface area contributed by atoms with Crippen LogP contribution in [-0.4, -0.2) is 5.78 Å². The molecule has 3 fully saturated rings. The Morgan fingerprint density at radius 2 is 1.96 bits per heavy atom. The maximum atomic E-state index is 11.9. The molecular weight excluding hydrogens is 292 g/mol. The average Bonchev–Trinajstić information content (AvgIpc) is 2.92. The lowest BCUT2D eigenvalue weighted by Crippen LogP contribution is -2.52. The summed E-state index contributed by atoms with van der Waals surface area (Å²) in [6.45, 7) is 13.3. The standard InChI is InChI=1S/C23H32O/c1-5-15(2)19-8-9-20-18-7-6-16-14-17(24)10-12-22(16,3)21(18)11-13-23(19,20)4/h5,10,12,16,18-21H,1-2,6-9,11,13-14H2,3-4H3/t16?,18-,19+,20-,21-,22-,23+/m0/s1. The van der Waals surface area contributed by atoms with Crippen LogP contribution in [-0.2, 0) is 4.79 Å². The quantitative estimate of drug-likeness (QED) is 0.593. The van der Waals surface area contributed by atoms with Crippen molar-refractivity contribution in [2.24, 2.45) is 40.4 Å². The molecule has 1 heteroatoms. The van der Waals surface area contributed by atoms with Gasteiger partial charge >= 0.3 is 0 Å². The van der Waals surface area contributed by atoms with Gasteiger partial charge in [-0.3, -0.25) is 4.79 Å². The van der Waals surface area contributed by atoms with Crippen LogP contribution in [0.5, 0.6) is 0 Å². The summed E-state index contributed by atoms with van der Waals surface area (Å²) in [6, 6.07) is 0. The van der Waals surface area contributed by atoms with Gasteiger partial charge in [-0.1, -0.05) is 44.7 Å². The number of ketones is 1. The van der Waals surface area contributed by atoms with Crippen LogP contribution >= 0.6 is 0 Å². The van der Waals surface area contributed by atoms with Gasteiger partial charge in [0.2, 0.25) is 0 Å². The van der Waals surface area contributed by atoms with E-state index in [1.165, 1.54) is 44.1 Å². The largest absolute Gasteiger partial charge is 0.295 e. The number of fused-ring (bicyclic) bond motifs is 5. The number of carbonyl (C=O) groups is 1. The molecule has 4 rings (SSSR count). The number of hydrogen-bond donors (Lipinski definition) is 0. The molecule has 7 atom stereocenters. The Morgan fingerprint density at radius 1 is 1.17 bits per heavy atom. The van der Waals surface area contributed by atoms with Gasteiger partial charge in [0.25, 0.3) is 0 Å². The first-order valence-electron chi connectivity index (χ1n) is 9.93. The second-order valence-electron chi connectivity index (χ2n) is 9.47. The monoisotopic (exact) mass is 324 g/mol. The molecule has 0 aliphatic heterocycles. The van der Waals surface area contributed by atoms with Gasteiger partial charge in [0.15, 0.2) is 5.78 Å². The number of hydrogen-bond acceptors (Lipinski definition) is 1. The summed E-state index contributed by atoms with van der Waals surface area (Å²) in [6.07, 6.45) is 14.9. The minimum Gasteiger partial charge on any atom is -0.295 e. The van der Waals surface area contributed by atoms with Gasteiger partial charge in [-0.2, -0.15) is 0 Å². The smallest absolute Gasteiger partial charge is 0.155 e. The second-order valence-corrected chi connectivity index (χ2v) is 9.47. The van der Waals surface area contributed by atoms with E-state index in [-0.39, 0.29) is 5.41 Å². The summed E-state index contributed by atoms with van der Waals surface area (Å²) >= 11 is 0. The Kier molecular flexibility index (Phi) is 3.71. The summed E-state index contributed by atoms with van der Waals surface area (Å²) in [5.74, 6) is 4.01. The molecule has 0 radical (unpaired) electrons. The highest BCUT2D eigenvalue weighted by atomic mass is 16.1. The van der Waals surface area contributed by atoms with Crippen LogP contribution in [0.2, 0.25) is 0 Å². The predicted octanol–water partition coefficient (Wildman–Crippen LogP) is 5.73. The number of allylic oxidation sites excluding steroid dienone is 4. The molecule has 1 unspecified atom stereocenters. The molecule has 1 nitrogen and oxygen atoms in total. The van der Waals surface area contributed by atoms with Crippen molar-refractivity contribution in [3.63, 3.8) is 0 Å². The molecule has 4 aliphatic carbocycles. The first-order chi connectivity index (χ1) is 11.4. The van der Waals surface area contributed by atoms with Gasteiger partial charge < -0.3 is 0 Å². The average molecular weight is 325 g/mol. The Hall–Kier alpha value is -1.11. The van der Waals surface area contributed by atoms with Gasteiger partial charge in [0.1, 0.15) is 0 Å². The molecule has 4 aliphatic rings. The van der Waals surface area contributed by atoms with Crippen molar-refractivity contribution in [3.8, 4) is 0 Å². The predicted molar refractivity (Wildman–Crippen MR) is 99.5 cm³/mol. The summed E-state index contributed by atoms with van der Waals surface area (Å²) < 4.78 is 0. The van der Waals surface area contributed by atoms with Gasteiger partial charge in [-0.05, 0) is 85.0 Å². The van der Waals surface area contributed by atoms with Gasteiger partial charge in [0, 0.05) is 6.42 Å². The fourth-order valence-electron chi connectivity index (χ4n) is 7.39. The van der Waals surface area contributed by atoms with Crippen LogP contribution in [0.4, 0.5) is 0 Å². The van der Waals surface area contributed by atoms with Crippen LogP contribution in [0, 0.1) is 40.4 Å². The van der Waals surface area contributed by atoms with Crippen LogP contribution < -0.4 is 0 Å². The van der Waals surface area contributed by atoms with E-state index in [2.05, 4.69) is 33.1 Å². The van der Waals surface area contributed by atoms with E-state index in [1.54, 1.807) is 0 Å². The zero-order chi connectivity index (χ0) is 17.1. The van der Waals surface area contributed by atoms with Crippen molar-refractivity contribution < 1.29 is 4.79 Å². The maximum Gasteiger partial charge on any atom is 0.155 e. The molecule has 0 saturated heterocycles. The lowest BCUT2D eigenvalue weighted by atomic mass is 9.46. The van der Waals surface area contributed by atoms with Crippen LogP contribution in [0.1, 0.15) is 58.8 Å². The van der Waals surface area contributed by atoms with Crippen molar-refractivity contribution in [2.45, 2.75) is 58.8 Å². The molecule has 0 N–H and O–H groups in total. The Labute approximate surface area is 147 Å². The third-order valence-electron chi connectivity index (χ3n) is 8.75. The molecular formula is C23H32O. The summed E-state index contributed by atoms with van der Waals surface area (Å²) in [4.78, 5) is 11.9. The van der Waals surface area contributed by atoms with E-state index in [0.29, 0.717) is 23.0 Å². The molecule has 0 amide bonds. The van der Waals surface area contributed by atoms with E-state index in [0.717, 1.165) is 24.2 Å². The van der Waals surface area contributed by atoms with E-state index < -0.39 is 0 Å². The molecule has 0 aromatic carbocycles. The first kappa shape index (κ1) is 16.4.